The van der Waals surface area contributed by atoms with Crippen LogP contribution in [0.15, 0.2) is 18.3 Å². The van der Waals surface area contributed by atoms with Crippen molar-refractivity contribution < 1.29 is 4.39 Å². The minimum atomic E-state index is -0.614. The van der Waals surface area contributed by atoms with Crippen molar-refractivity contribution >= 4 is 11.0 Å². The van der Waals surface area contributed by atoms with Crippen LogP contribution in [0.1, 0.15) is 19.5 Å². The first-order valence-electron chi connectivity index (χ1n) is 4.59. The molecule has 2 rings (SSSR count). The SMILES string of the molecule is CC(C)(C#N)c1cc2cc(F)cnc2[nH]1. The average Bonchev–Trinajstić information content (AvgIpc) is 2.61. The zero-order valence-electron chi connectivity index (χ0n) is 8.50. The smallest absolute Gasteiger partial charge is 0.142 e. The molecule has 0 saturated heterocycles. The average molecular weight is 203 g/mol. The van der Waals surface area contributed by atoms with Crippen molar-refractivity contribution in [1.29, 1.82) is 5.26 Å². The van der Waals surface area contributed by atoms with E-state index in [1.165, 1.54) is 6.07 Å². The summed E-state index contributed by atoms with van der Waals surface area (Å²) in [6, 6.07) is 5.34. The van der Waals surface area contributed by atoms with Gasteiger partial charge in [0.25, 0.3) is 0 Å². The van der Waals surface area contributed by atoms with Crippen molar-refractivity contribution in [2.45, 2.75) is 19.3 Å². The van der Waals surface area contributed by atoms with Crippen molar-refractivity contribution in [3.8, 4) is 6.07 Å². The van der Waals surface area contributed by atoms with Gasteiger partial charge in [0.15, 0.2) is 0 Å². The number of hydrogen-bond donors (Lipinski definition) is 1. The fourth-order valence-corrected chi connectivity index (χ4v) is 1.39. The van der Waals surface area contributed by atoms with Crippen LogP contribution in [0, 0.1) is 17.1 Å². The van der Waals surface area contributed by atoms with Crippen molar-refractivity contribution in [3.05, 3.63) is 29.8 Å². The fourth-order valence-electron chi connectivity index (χ4n) is 1.39. The zero-order chi connectivity index (χ0) is 11.1. The van der Waals surface area contributed by atoms with Crippen LogP contribution in [0.25, 0.3) is 11.0 Å². The molecule has 0 radical (unpaired) electrons. The molecule has 0 atom stereocenters. The number of nitrogens with one attached hydrogen (secondary N) is 1. The minimum absolute atomic E-state index is 0.372. The van der Waals surface area contributed by atoms with Gasteiger partial charge in [-0.3, -0.25) is 0 Å². The highest BCUT2D eigenvalue weighted by atomic mass is 19.1. The molecular formula is C11H10FN3. The Morgan fingerprint density at radius 1 is 1.47 bits per heavy atom. The molecule has 2 aromatic heterocycles. The maximum Gasteiger partial charge on any atom is 0.142 e. The van der Waals surface area contributed by atoms with Gasteiger partial charge < -0.3 is 4.98 Å². The lowest BCUT2D eigenvalue weighted by Crippen LogP contribution is -2.13. The normalized spacial score (nSPS) is 11.6. The predicted molar refractivity (Wildman–Crippen MR) is 54.7 cm³/mol. The molecular weight excluding hydrogens is 193 g/mol. The molecule has 76 valence electrons. The Balaban J connectivity index is 2.63. The van der Waals surface area contributed by atoms with Gasteiger partial charge in [-0.25, -0.2) is 9.37 Å². The molecule has 0 aliphatic heterocycles. The molecule has 0 aliphatic rings. The lowest BCUT2D eigenvalue weighted by Gasteiger charge is -2.11. The zero-order valence-corrected chi connectivity index (χ0v) is 8.50. The third-order valence-corrected chi connectivity index (χ3v) is 2.39. The summed E-state index contributed by atoms with van der Waals surface area (Å²) in [5.74, 6) is -0.372. The molecule has 3 nitrogen and oxygen atoms in total. The molecule has 0 amide bonds. The van der Waals surface area contributed by atoms with Crippen LogP contribution >= 0.6 is 0 Å². The van der Waals surface area contributed by atoms with Crippen LogP contribution in [-0.4, -0.2) is 9.97 Å². The highest BCUT2D eigenvalue weighted by Crippen LogP contribution is 2.24. The summed E-state index contributed by atoms with van der Waals surface area (Å²) >= 11 is 0. The summed E-state index contributed by atoms with van der Waals surface area (Å²) < 4.78 is 12.9. The van der Waals surface area contributed by atoms with E-state index in [2.05, 4.69) is 16.0 Å². The van der Waals surface area contributed by atoms with Crippen LogP contribution < -0.4 is 0 Å². The summed E-state index contributed by atoms with van der Waals surface area (Å²) in [4.78, 5) is 6.92. The number of fused-ring (bicyclic) bond motifs is 1. The van der Waals surface area contributed by atoms with Crippen LogP contribution in [0.5, 0.6) is 0 Å². The molecule has 0 aromatic carbocycles. The lowest BCUT2D eigenvalue weighted by atomic mass is 9.91. The number of hydrogen-bond acceptors (Lipinski definition) is 2. The molecule has 2 aromatic rings. The Morgan fingerprint density at radius 2 is 2.20 bits per heavy atom. The number of rotatable bonds is 1. The monoisotopic (exact) mass is 203 g/mol. The van der Waals surface area contributed by atoms with E-state index in [1.54, 1.807) is 19.9 Å². The van der Waals surface area contributed by atoms with E-state index in [9.17, 15) is 4.39 Å². The molecule has 0 aliphatic carbocycles. The van der Waals surface area contributed by atoms with Crippen LogP contribution in [0.2, 0.25) is 0 Å². The molecule has 2 heterocycles. The number of halogens is 1. The van der Waals surface area contributed by atoms with Gasteiger partial charge in [0.1, 0.15) is 11.5 Å². The van der Waals surface area contributed by atoms with Gasteiger partial charge in [0.05, 0.1) is 17.7 Å². The van der Waals surface area contributed by atoms with E-state index in [0.717, 1.165) is 11.9 Å². The van der Waals surface area contributed by atoms with Gasteiger partial charge in [0, 0.05) is 11.1 Å². The van der Waals surface area contributed by atoms with E-state index in [0.29, 0.717) is 11.0 Å². The first kappa shape index (κ1) is 9.66. The van der Waals surface area contributed by atoms with E-state index in [-0.39, 0.29) is 5.82 Å². The molecule has 0 saturated carbocycles. The Kier molecular flexibility index (Phi) is 1.97. The Labute approximate surface area is 86.6 Å². The van der Waals surface area contributed by atoms with E-state index in [1.807, 2.05) is 0 Å². The summed E-state index contributed by atoms with van der Waals surface area (Å²) in [7, 11) is 0. The third kappa shape index (κ3) is 1.57. The minimum Gasteiger partial charge on any atom is -0.342 e. The highest BCUT2D eigenvalue weighted by Gasteiger charge is 2.22. The quantitative estimate of drug-likeness (QED) is 0.774. The van der Waals surface area contributed by atoms with Crippen LogP contribution in [-0.2, 0) is 5.41 Å². The predicted octanol–water partition coefficient (Wildman–Crippen LogP) is 2.50. The maximum absolute atomic E-state index is 12.9. The molecule has 0 spiro atoms. The number of H-pyrrole nitrogens is 1. The van der Waals surface area contributed by atoms with Gasteiger partial charge in [-0.1, -0.05) is 0 Å². The second-order valence-corrected chi connectivity index (χ2v) is 4.01. The number of pyridine rings is 1. The van der Waals surface area contributed by atoms with Crippen molar-refractivity contribution in [3.63, 3.8) is 0 Å². The van der Waals surface area contributed by atoms with Crippen molar-refractivity contribution in [2.75, 3.05) is 0 Å². The van der Waals surface area contributed by atoms with Gasteiger partial charge in [-0.05, 0) is 26.0 Å². The molecule has 4 heteroatoms. The third-order valence-electron chi connectivity index (χ3n) is 2.39. The first-order chi connectivity index (χ1) is 7.03. The van der Waals surface area contributed by atoms with E-state index >= 15 is 0 Å². The van der Waals surface area contributed by atoms with Gasteiger partial charge in [0.2, 0.25) is 0 Å². The topological polar surface area (TPSA) is 52.5 Å². The largest absolute Gasteiger partial charge is 0.342 e. The molecule has 0 bridgehead atoms. The van der Waals surface area contributed by atoms with Crippen LogP contribution in [0.4, 0.5) is 4.39 Å². The number of aromatic nitrogens is 2. The second kappa shape index (κ2) is 3.06. The number of nitrogens with zero attached hydrogens (tertiary/aromatic N) is 2. The van der Waals surface area contributed by atoms with Gasteiger partial charge >= 0.3 is 0 Å². The highest BCUT2D eigenvalue weighted by molar-refractivity contribution is 5.77. The Bertz CT molecular complexity index is 548. The molecule has 0 fully saturated rings. The van der Waals surface area contributed by atoms with Crippen LogP contribution in [0.3, 0.4) is 0 Å². The van der Waals surface area contributed by atoms with E-state index in [4.69, 9.17) is 5.26 Å². The summed E-state index contributed by atoms with van der Waals surface area (Å²) in [6.45, 7) is 3.60. The molecule has 1 N–H and O–H groups in total. The molecule has 0 unspecified atom stereocenters. The van der Waals surface area contributed by atoms with Gasteiger partial charge in [-0.2, -0.15) is 5.26 Å². The lowest BCUT2D eigenvalue weighted by molar-refractivity contribution is 0.624. The Morgan fingerprint density at radius 3 is 2.87 bits per heavy atom. The number of nitriles is 1. The summed E-state index contributed by atoms with van der Waals surface area (Å²) in [6.07, 6.45) is 1.15. The van der Waals surface area contributed by atoms with Crippen molar-refractivity contribution in [2.24, 2.45) is 0 Å². The summed E-state index contributed by atoms with van der Waals surface area (Å²) in [5.41, 5.74) is 0.741. The standard InChI is InChI=1S/C11H10FN3/c1-11(2,6-13)9-4-7-3-8(12)5-14-10(7)15-9/h3-5H,1-2H3,(H,14,15). The second-order valence-electron chi connectivity index (χ2n) is 4.01. The maximum atomic E-state index is 12.9. The first-order valence-corrected chi connectivity index (χ1v) is 4.59. The fraction of sp³-hybridized carbons (Fsp3) is 0.273. The van der Waals surface area contributed by atoms with Gasteiger partial charge in [-0.15, -0.1) is 0 Å². The van der Waals surface area contributed by atoms with Crippen molar-refractivity contribution in [1.82, 2.24) is 9.97 Å². The molecule has 15 heavy (non-hydrogen) atoms. The van der Waals surface area contributed by atoms with E-state index < -0.39 is 5.41 Å². The summed E-state index contributed by atoms with van der Waals surface area (Å²) in [5, 5.41) is 9.65. The number of aromatic amines is 1. The Hall–Kier alpha value is -1.89.